The Labute approximate surface area is 364 Å². The number of ketones is 2. The second kappa shape index (κ2) is 18.7. The fraction of sp³-hybridized carbons (Fsp3) is 0.395. The molecular formula is C38H42N12O11S2. The topological polar surface area (TPSA) is 366 Å². The Kier molecular flexibility index (Phi) is 13.2. The highest BCUT2D eigenvalue weighted by Crippen LogP contribution is 2.48. The summed E-state index contributed by atoms with van der Waals surface area (Å²) < 4.78 is 5.10. The molecule has 2 fully saturated rings. The number of hydrogen-bond acceptors (Lipinski definition) is 19. The number of nitrogens with one attached hydrogen (secondary N) is 6. The van der Waals surface area contributed by atoms with Gasteiger partial charge in [-0.15, -0.1) is 0 Å². The average molecular weight is 907 g/mol. The fourth-order valence-electron chi connectivity index (χ4n) is 7.72. The van der Waals surface area contributed by atoms with E-state index < -0.39 is 59.8 Å². The highest BCUT2D eigenvalue weighted by Gasteiger charge is 2.62. The van der Waals surface area contributed by atoms with Gasteiger partial charge in [0.05, 0.1) is 35.9 Å². The molecule has 3 aromatic rings. The Morgan fingerprint density at radius 1 is 1.00 bits per heavy atom. The number of fused-ring (bicyclic) bond motifs is 5. The van der Waals surface area contributed by atoms with Gasteiger partial charge in [0.1, 0.15) is 18.7 Å². The van der Waals surface area contributed by atoms with Crippen LogP contribution < -0.4 is 43.6 Å². The molecule has 332 valence electrons. The summed E-state index contributed by atoms with van der Waals surface area (Å²) in [6.07, 6.45) is -0.272. The summed E-state index contributed by atoms with van der Waals surface area (Å²) in [5.74, 6) is -5.08. The molecule has 4 aliphatic rings. The Bertz CT molecular complexity index is 2520. The predicted molar refractivity (Wildman–Crippen MR) is 227 cm³/mol. The Hall–Kier alpha value is -6.73. The maximum Gasteiger partial charge on any atom is 0.404 e. The van der Waals surface area contributed by atoms with Crippen molar-refractivity contribution in [1.82, 2.24) is 46.1 Å². The molecule has 23 nitrogen and oxygen atoms in total. The van der Waals surface area contributed by atoms with Crippen molar-refractivity contribution in [2.75, 3.05) is 42.3 Å². The molecule has 1 unspecified atom stereocenters. The summed E-state index contributed by atoms with van der Waals surface area (Å²) in [6, 6.07) is 3.34. The molecule has 25 heteroatoms. The van der Waals surface area contributed by atoms with Gasteiger partial charge in [0.2, 0.25) is 23.4 Å². The standard InChI is InChI=1S/C38H42N12O11S2/c1-15-25(31(53)24-19(13-61-38(40)60)28-26-21(46-26)12-50(28)29(24)30(15)52)41-8-9-62-63-14-22(36(58)59)45-23(51)7-6-20(35(56)57)47-33(54)16-2-4-17(5-3-16)42-10-18-11-43-32-27(44-18)34(55)49-37(39)48-32/h2-5,11,19-22,26,28,41-42,46H,6-10,12-14H2,1H3,(H2,40,60)(H,45,51)(H,47,54)(H,56,57)(H,58,59)(H3,39,43,48,49,55)/t19-,20-,21+,22-,26+,28?/m1/s1. The van der Waals surface area contributed by atoms with Crippen molar-refractivity contribution in [3.05, 3.63) is 74.6 Å². The molecule has 2 aromatic heterocycles. The molecule has 3 amide bonds. The van der Waals surface area contributed by atoms with E-state index in [1.54, 1.807) is 19.1 Å². The first-order valence-electron chi connectivity index (χ1n) is 19.5. The number of carboxylic acid groups (broad SMARTS) is 2. The number of rotatable bonds is 20. The molecule has 6 atom stereocenters. The van der Waals surface area contributed by atoms with E-state index in [1.165, 1.54) is 29.1 Å². The number of Topliss-reactive ketones (excluding diaryl/α,β-unsaturated/α-hetero) is 2. The molecule has 0 spiro atoms. The second-order valence-electron chi connectivity index (χ2n) is 14.9. The molecule has 2 saturated heterocycles. The maximum atomic E-state index is 13.8. The number of nitrogens with zero attached hydrogens (tertiary/aromatic N) is 4. The van der Waals surface area contributed by atoms with Crippen molar-refractivity contribution < 1.29 is 48.5 Å². The number of aliphatic carboxylic acids is 2. The number of primary amides is 1. The van der Waals surface area contributed by atoms with E-state index >= 15 is 0 Å². The average Bonchev–Trinajstić information content (AvgIpc) is 3.79. The van der Waals surface area contributed by atoms with Crippen LogP contribution in [0.4, 0.5) is 16.4 Å². The zero-order valence-electron chi connectivity index (χ0n) is 33.3. The number of nitrogens with two attached hydrogens (primary N) is 2. The number of hydrogen-bond donors (Lipinski definition) is 10. The molecule has 0 saturated carbocycles. The largest absolute Gasteiger partial charge is 0.480 e. The number of nitrogen functional groups attached to an aromatic ring is 1. The van der Waals surface area contributed by atoms with Crippen LogP contribution in [0.1, 0.15) is 35.8 Å². The highest BCUT2D eigenvalue weighted by molar-refractivity contribution is 8.76. The van der Waals surface area contributed by atoms with Gasteiger partial charge < -0.3 is 57.9 Å². The Morgan fingerprint density at radius 3 is 2.46 bits per heavy atom. The van der Waals surface area contributed by atoms with Crippen molar-refractivity contribution >= 4 is 85.8 Å². The Balaban J connectivity index is 0.829. The minimum atomic E-state index is -1.46. The van der Waals surface area contributed by atoms with Crippen LogP contribution in [-0.2, 0) is 35.3 Å². The Morgan fingerprint density at radius 2 is 1.75 bits per heavy atom. The lowest BCUT2D eigenvalue weighted by molar-refractivity contribution is -0.142. The fourth-order valence-corrected chi connectivity index (χ4v) is 9.78. The summed E-state index contributed by atoms with van der Waals surface area (Å²) in [4.78, 5) is 117. The quantitative estimate of drug-likeness (QED) is 0.0277. The molecule has 63 heavy (non-hydrogen) atoms. The number of piperazine rings is 1. The van der Waals surface area contributed by atoms with Crippen LogP contribution in [0.2, 0.25) is 0 Å². The molecular weight excluding hydrogens is 865 g/mol. The van der Waals surface area contributed by atoms with E-state index in [-0.39, 0.29) is 95.5 Å². The number of carbonyl (C=O) groups excluding carboxylic acids is 5. The summed E-state index contributed by atoms with van der Waals surface area (Å²) in [5.41, 5.74) is 12.5. The molecule has 7 rings (SSSR count). The lowest BCUT2D eigenvalue weighted by Crippen LogP contribution is -2.44. The number of aromatic amines is 1. The van der Waals surface area contributed by atoms with Gasteiger partial charge >= 0.3 is 18.0 Å². The van der Waals surface area contributed by atoms with Crippen molar-refractivity contribution in [2.24, 2.45) is 11.7 Å². The highest BCUT2D eigenvalue weighted by atomic mass is 33.1. The summed E-state index contributed by atoms with van der Waals surface area (Å²) in [5, 5.41) is 33.7. The van der Waals surface area contributed by atoms with Gasteiger partial charge in [0, 0.05) is 71.4 Å². The van der Waals surface area contributed by atoms with E-state index in [1.807, 2.05) is 4.90 Å². The maximum absolute atomic E-state index is 13.8. The van der Waals surface area contributed by atoms with Crippen LogP contribution in [0.3, 0.4) is 0 Å². The zero-order chi connectivity index (χ0) is 45.1. The number of ether oxygens (including phenoxy) is 1. The number of benzene rings is 1. The molecule has 1 aromatic carbocycles. The van der Waals surface area contributed by atoms with Crippen molar-refractivity contribution in [3.63, 3.8) is 0 Å². The van der Waals surface area contributed by atoms with Crippen LogP contribution in [0.15, 0.2) is 57.8 Å². The normalized spacial score (nSPS) is 20.7. The number of carbonyl (C=O) groups is 7. The van der Waals surface area contributed by atoms with Crippen LogP contribution in [-0.4, -0.2) is 138 Å². The first kappa shape index (κ1) is 44.3. The van der Waals surface area contributed by atoms with Crippen molar-refractivity contribution in [3.8, 4) is 0 Å². The second-order valence-corrected chi connectivity index (χ2v) is 17.5. The van der Waals surface area contributed by atoms with Gasteiger partial charge in [-0.3, -0.25) is 29.0 Å². The van der Waals surface area contributed by atoms with Crippen LogP contribution in [0.5, 0.6) is 0 Å². The van der Waals surface area contributed by atoms with Crippen molar-refractivity contribution in [2.45, 2.75) is 56.5 Å². The number of H-pyrrole nitrogens is 1. The number of allylic oxidation sites excluding steroid dienone is 2. The summed E-state index contributed by atoms with van der Waals surface area (Å²) >= 11 is 0. The minimum absolute atomic E-state index is 0.0185. The summed E-state index contributed by atoms with van der Waals surface area (Å²) in [7, 11) is 2.42. The van der Waals surface area contributed by atoms with Gasteiger partial charge in [0.25, 0.3) is 11.5 Å². The van der Waals surface area contributed by atoms with Crippen LogP contribution in [0.25, 0.3) is 11.2 Å². The first-order valence-corrected chi connectivity index (χ1v) is 22.0. The molecule has 0 bridgehead atoms. The van der Waals surface area contributed by atoms with Crippen molar-refractivity contribution in [1.29, 1.82) is 0 Å². The monoisotopic (exact) mass is 906 g/mol. The molecule has 5 heterocycles. The van der Waals surface area contributed by atoms with E-state index in [0.29, 0.717) is 34.9 Å². The third-order valence-electron chi connectivity index (χ3n) is 10.8. The van der Waals surface area contributed by atoms with E-state index in [2.05, 4.69) is 46.5 Å². The van der Waals surface area contributed by atoms with E-state index in [4.69, 9.17) is 16.2 Å². The third kappa shape index (κ3) is 9.84. The van der Waals surface area contributed by atoms with E-state index in [9.17, 15) is 48.6 Å². The number of amides is 3. The number of aromatic nitrogens is 4. The summed E-state index contributed by atoms with van der Waals surface area (Å²) in [6.45, 7) is 2.41. The molecule has 12 N–H and O–H groups in total. The lowest BCUT2D eigenvalue weighted by atomic mass is 9.84. The van der Waals surface area contributed by atoms with Gasteiger partial charge in [-0.1, -0.05) is 21.6 Å². The third-order valence-corrected chi connectivity index (χ3v) is 13.2. The van der Waals surface area contributed by atoms with Gasteiger partial charge in [0.15, 0.2) is 11.2 Å². The van der Waals surface area contributed by atoms with E-state index in [0.717, 1.165) is 10.8 Å². The van der Waals surface area contributed by atoms with Gasteiger partial charge in [-0.2, -0.15) is 4.98 Å². The SMILES string of the molecule is CC1=C(NCCSSC[C@@H](NC(=O)CC[C@@H](NC(=O)c2ccc(NCc3cnc4nc(N)[nH]c(=O)c4n3)cc2)C(=O)O)C(=O)O)C(=O)C2=C(C1=O)N1C[C@@H]3N[C@@H]3C1[C@@H]2COC(N)=O. The smallest absolute Gasteiger partial charge is 0.404 e. The molecule has 3 aliphatic heterocycles. The van der Waals surface area contributed by atoms with Crippen LogP contribution >= 0.6 is 21.6 Å². The van der Waals surface area contributed by atoms with Gasteiger partial charge in [-0.05, 0) is 37.6 Å². The number of anilines is 2. The van der Waals surface area contributed by atoms with Crippen LogP contribution in [0, 0.1) is 5.92 Å². The first-order chi connectivity index (χ1) is 30.1. The minimum Gasteiger partial charge on any atom is -0.480 e. The number of carboxylic acids is 2. The molecule has 1 aliphatic carbocycles. The predicted octanol–water partition coefficient (Wildman–Crippen LogP) is -1.16. The zero-order valence-corrected chi connectivity index (χ0v) is 35.0. The van der Waals surface area contributed by atoms with Gasteiger partial charge in [-0.25, -0.2) is 24.4 Å². The lowest BCUT2D eigenvalue weighted by Gasteiger charge is -2.27. The molecule has 0 radical (unpaired) electrons.